The molecule has 0 radical (unpaired) electrons. The molecule has 93 heavy (non-hydrogen) atoms. The molecule has 0 saturated carbocycles. The standard InChI is InChI=1S/C21H24N4O3S.C17H17BrN2O2S.C14H11BrN2.C7H12N2O3.C3H7ClO2S.C3H6O2/c1-2-12-29(27,28)25(16-17-6-4-3-5-7-17)19-8-9-20(18(13-19)14-22)24-11-10-23-15-21(24)26;1-2-10-23(21,22)20(13-14-6-4-3-5-7-14)16-8-9-17(18)15(11-16)12-19;15-14-7-6-13(8-12(14)9-16)17-10-11-4-2-1-3-5-11;1-2-12-7(11)9-4-3-8-6(10)5-9;1-2-3-7(4,5)6;1-2-5-3-4/h3-9,13,23H,2,10-12,15-16H2,1H3;3-9,11H,2,10,13H2,1H3;1-8,17H,10H2;2-5H2,1H3,(H,8,10);2-3H2,1H3;3H,2H2,1H3. The third kappa shape index (κ3) is 28.8. The van der Waals surface area contributed by atoms with Crippen LogP contribution in [0.5, 0.6) is 0 Å². The number of carbonyl (C=O) groups is 4. The van der Waals surface area contributed by atoms with E-state index in [-0.39, 0.29) is 60.8 Å². The molecule has 3 amide bonds. The highest BCUT2D eigenvalue weighted by Gasteiger charge is 2.27. The van der Waals surface area contributed by atoms with E-state index in [9.17, 15) is 55.0 Å². The van der Waals surface area contributed by atoms with Crippen LogP contribution in [-0.2, 0) is 72.6 Å². The fourth-order valence-corrected chi connectivity index (χ4v) is 13.1. The van der Waals surface area contributed by atoms with Crippen molar-refractivity contribution in [3.05, 3.63) is 188 Å². The molecule has 2 aliphatic heterocycles. The number of anilines is 4. The van der Waals surface area contributed by atoms with Crippen LogP contribution in [0.4, 0.5) is 27.5 Å². The first-order valence-electron chi connectivity index (χ1n) is 29.4. The summed E-state index contributed by atoms with van der Waals surface area (Å²) in [6.07, 6.45) is 1.21. The van der Waals surface area contributed by atoms with Crippen LogP contribution in [0.2, 0.25) is 0 Å². The van der Waals surface area contributed by atoms with Crippen molar-refractivity contribution in [2.75, 3.05) is 88.6 Å². The fourth-order valence-electron chi connectivity index (χ4n) is 8.40. The van der Waals surface area contributed by atoms with E-state index in [2.05, 4.69) is 82.9 Å². The molecule has 8 rings (SSSR count). The lowest BCUT2D eigenvalue weighted by Gasteiger charge is -2.29. The Morgan fingerprint density at radius 3 is 1.55 bits per heavy atom. The zero-order valence-electron chi connectivity index (χ0n) is 52.3. The Hall–Kier alpha value is -8.07. The van der Waals surface area contributed by atoms with E-state index in [1.54, 1.807) is 62.1 Å². The number of ether oxygens (including phenoxy) is 2. The maximum absolute atomic E-state index is 12.9. The zero-order chi connectivity index (χ0) is 68.8. The largest absolute Gasteiger partial charge is 0.468 e. The molecule has 0 aromatic heterocycles. The molecule has 3 N–H and O–H groups in total. The summed E-state index contributed by atoms with van der Waals surface area (Å²) in [6.45, 7) is 13.8. The smallest absolute Gasteiger partial charge is 0.410 e. The van der Waals surface area contributed by atoms with Crippen molar-refractivity contribution in [1.82, 2.24) is 15.5 Å². The Kier molecular flexibility index (Phi) is 35.9. The summed E-state index contributed by atoms with van der Waals surface area (Å²) in [5, 5.41) is 36.7. The first-order valence-corrected chi connectivity index (χ1v) is 36.7. The van der Waals surface area contributed by atoms with Crippen LogP contribution in [0.15, 0.2) is 155 Å². The molecule has 0 atom stereocenters. The molecule has 2 aliphatic rings. The molecule has 498 valence electrons. The minimum Gasteiger partial charge on any atom is -0.468 e. The van der Waals surface area contributed by atoms with Crippen LogP contribution >= 0.6 is 42.5 Å². The first kappa shape index (κ1) is 79.2. The highest BCUT2D eigenvalue weighted by atomic mass is 79.9. The second-order valence-corrected chi connectivity index (χ2v) is 28.5. The lowest BCUT2D eigenvalue weighted by Crippen LogP contribution is -2.50. The number of nitrogens with zero attached hydrogens (tertiary/aromatic N) is 7. The fraction of sp³-hybridized carbons (Fsp3) is 0.338. The SMILES string of the molecule is CCCS(=O)(=O)Cl.CCCS(=O)(=O)N(Cc1ccccc1)c1ccc(Br)c(C#N)c1.CCCS(=O)(=O)N(Cc1ccccc1)c1ccc(N2CCNCC2=O)c(C#N)c1.CCOC(=O)N1CCNC(=O)C1.CCOC=O.N#Cc1cc(NCc2ccccc2)ccc1Br. The number of nitrogens with one attached hydrogen (secondary N) is 3. The Morgan fingerprint density at radius 1 is 0.634 bits per heavy atom. The van der Waals surface area contributed by atoms with Gasteiger partial charge in [0.15, 0.2) is 0 Å². The lowest BCUT2D eigenvalue weighted by atomic mass is 10.1. The molecule has 6 aromatic rings. The summed E-state index contributed by atoms with van der Waals surface area (Å²) in [7, 11) is -5.41. The zero-order valence-corrected chi connectivity index (χ0v) is 58.7. The Balaban J connectivity index is 0.000000315. The van der Waals surface area contributed by atoms with Gasteiger partial charge in [0.05, 0.1) is 83.9 Å². The monoisotopic (exact) mass is 1480 g/mol. The number of amides is 3. The van der Waals surface area contributed by atoms with E-state index in [0.29, 0.717) is 97.8 Å². The van der Waals surface area contributed by atoms with Crippen molar-refractivity contribution in [2.45, 2.75) is 73.5 Å². The van der Waals surface area contributed by atoms with Crippen molar-refractivity contribution in [3.63, 3.8) is 0 Å². The normalized spacial score (nSPS) is 12.4. The van der Waals surface area contributed by atoms with Crippen LogP contribution in [0.25, 0.3) is 0 Å². The Morgan fingerprint density at radius 2 is 1.12 bits per heavy atom. The minimum absolute atomic E-state index is 0.0136. The number of hydrogen-bond acceptors (Lipinski definition) is 17. The maximum atomic E-state index is 12.9. The third-order valence-electron chi connectivity index (χ3n) is 12.7. The quantitative estimate of drug-likeness (QED) is 0.0445. The summed E-state index contributed by atoms with van der Waals surface area (Å²) < 4.78 is 84.3. The lowest BCUT2D eigenvalue weighted by molar-refractivity contribution is -0.128. The molecule has 22 nitrogen and oxygen atoms in total. The van der Waals surface area contributed by atoms with Gasteiger partial charge in [0.2, 0.25) is 40.9 Å². The molecule has 0 spiro atoms. The van der Waals surface area contributed by atoms with Crippen molar-refractivity contribution >= 4 is 119 Å². The summed E-state index contributed by atoms with van der Waals surface area (Å²) >= 11 is 6.63. The number of piperazine rings is 2. The van der Waals surface area contributed by atoms with Gasteiger partial charge in [-0.25, -0.2) is 30.0 Å². The van der Waals surface area contributed by atoms with Crippen LogP contribution in [0.1, 0.15) is 87.3 Å². The number of benzene rings is 6. The highest BCUT2D eigenvalue weighted by molar-refractivity contribution is 9.10. The van der Waals surface area contributed by atoms with Crippen molar-refractivity contribution in [1.29, 1.82) is 15.8 Å². The molecular formula is C65H77Br2ClN10O12S3. The number of hydrogen-bond donors (Lipinski definition) is 3. The predicted molar refractivity (Wildman–Crippen MR) is 370 cm³/mol. The number of rotatable bonds is 21. The molecule has 0 bridgehead atoms. The van der Waals surface area contributed by atoms with Gasteiger partial charge >= 0.3 is 6.09 Å². The van der Waals surface area contributed by atoms with Crippen molar-refractivity contribution < 1.29 is 53.9 Å². The number of nitriles is 3. The topological polar surface area (TPSA) is 310 Å². The summed E-state index contributed by atoms with van der Waals surface area (Å²) in [5.74, 6) is -0.0823. The first-order chi connectivity index (χ1) is 44.4. The van der Waals surface area contributed by atoms with Gasteiger partial charge in [-0.15, -0.1) is 0 Å². The summed E-state index contributed by atoms with van der Waals surface area (Å²) in [6, 6.07) is 50.8. The third-order valence-corrected chi connectivity index (χ3v) is 19.3. The molecular weight excluding hydrogens is 1400 g/mol. The van der Waals surface area contributed by atoms with Crippen molar-refractivity contribution in [2.24, 2.45) is 0 Å². The second-order valence-electron chi connectivity index (χ2n) is 19.8. The molecule has 28 heteroatoms. The molecule has 2 fully saturated rings. The van der Waals surface area contributed by atoms with E-state index in [4.69, 9.17) is 20.7 Å². The molecule has 0 aliphatic carbocycles. The van der Waals surface area contributed by atoms with Gasteiger partial charge in [-0.05, 0) is 136 Å². The Bertz CT molecular complexity index is 3830. The van der Waals surface area contributed by atoms with E-state index < -0.39 is 35.2 Å². The molecule has 6 aromatic carbocycles. The molecule has 0 unspecified atom stereocenters. The van der Waals surface area contributed by atoms with Gasteiger partial charge in [-0.1, -0.05) is 112 Å². The number of sulfonamides is 2. The minimum atomic E-state index is -3.56. The summed E-state index contributed by atoms with van der Waals surface area (Å²) in [5.41, 5.74) is 6.68. The van der Waals surface area contributed by atoms with E-state index in [1.807, 2.05) is 111 Å². The highest BCUT2D eigenvalue weighted by Crippen LogP contribution is 2.31. The van der Waals surface area contributed by atoms with Gasteiger partial charge in [-0.2, -0.15) is 15.8 Å². The maximum Gasteiger partial charge on any atom is 0.410 e. The van der Waals surface area contributed by atoms with E-state index in [0.717, 1.165) is 27.8 Å². The van der Waals surface area contributed by atoms with Crippen LogP contribution < -0.4 is 29.5 Å². The van der Waals surface area contributed by atoms with Gasteiger partial charge in [0.1, 0.15) is 24.8 Å². The van der Waals surface area contributed by atoms with Gasteiger partial charge < -0.3 is 30.3 Å². The number of carbonyl (C=O) groups excluding carboxylic acids is 4. The predicted octanol–water partition coefficient (Wildman–Crippen LogP) is 11.0. The second kappa shape index (κ2) is 42.2. The molecule has 2 saturated heterocycles. The van der Waals surface area contributed by atoms with Crippen molar-refractivity contribution in [3.8, 4) is 18.2 Å². The van der Waals surface area contributed by atoms with Crippen LogP contribution in [0, 0.1) is 34.0 Å². The van der Waals surface area contributed by atoms with E-state index in [1.165, 1.54) is 19.1 Å². The van der Waals surface area contributed by atoms with Crippen LogP contribution in [-0.4, -0.2) is 124 Å². The average Bonchev–Trinajstić information content (AvgIpc) is 0.855. The van der Waals surface area contributed by atoms with Gasteiger partial charge in [0.25, 0.3) is 6.47 Å². The van der Waals surface area contributed by atoms with E-state index >= 15 is 0 Å². The molecule has 2 heterocycles. The average molecular weight is 1480 g/mol. The van der Waals surface area contributed by atoms with Crippen LogP contribution in [0.3, 0.4) is 0 Å². The van der Waals surface area contributed by atoms with Gasteiger partial charge in [-0.3, -0.25) is 27.9 Å². The Labute approximate surface area is 568 Å². The number of halogens is 3. The summed E-state index contributed by atoms with van der Waals surface area (Å²) in [4.78, 5) is 46.2. The van der Waals surface area contributed by atoms with Gasteiger partial charge in [0, 0.05) is 58.0 Å².